The lowest BCUT2D eigenvalue weighted by molar-refractivity contribution is -0.139. The Morgan fingerprint density at radius 2 is 1.88 bits per heavy atom. The first kappa shape index (κ1) is 18.4. The molecule has 0 spiro atoms. The average molecular weight is 372 g/mol. The minimum Gasteiger partial charge on any atom is -0.469 e. The van der Waals surface area contributed by atoms with Crippen LogP contribution >= 0.6 is 11.8 Å². The van der Waals surface area contributed by atoms with Crippen LogP contribution in [0.2, 0.25) is 0 Å². The Bertz CT molecular complexity index is 928. The van der Waals surface area contributed by atoms with Crippen molar-refractivity contribution in [2.45, 2.75) is 18.2 Å². The van der Waals surface area contributed by atoms with E-state index in [2.05, 4.69) is 0 Å². The van der Waals surface area contributed by atoms with Gasteiger partial charge in [-0.25, -0.2) is 8.78 Å². The molecule has 0 aliphatic heterocycles. The van der Waals surface area contributed by atoms with Crippen LogP contribution in [0.15, 0.2) is 46.9 Å². The van der Waals surface area contributed by atoms with Crippen LogP contribution in [0, 0.1) is 11.6 Å². The summed E-state index contributed by atoms with van der Waals surface area (Å²) in [6.07, 6.45) is 3.83. The molecule has 1 aliphatic carbocycles. The van der Waals surface area contributed by atoms with Crippen LogP contribution in [0.25, 0.3) is 17.2 Å². The van der Waals surface area contributed by atoms with E-state index in [-0.39, 0.29) is 6.42 Å². The van der Waals surface area contributed by atoms with Gasteiger partial charge in [-0.1, -0.05) is 12.1 Å². The van der Waals surface area contributed by atoms with Crippen LogP contribution in [0.1, 0.15) is 30.0 Å². The Balaban J connectivity index is 2.15. The van der Waals surface area contributed by atoms with E-state index >= 15 is 0 Å². The van der Waals surface area contributed by atoms with E-state index < -0.39 is 17.6 Å². The lowest BCUT2D eigenvalue weighted by Gasteiger charge is -2.07. The molecule has 0 aromatic heterocycles. The number of fused-ring (bicyclic) bond motifs is 1. The van der Waals surface area contributed by atoms with Gasteiger partial charge in [0.05, 0.1) is 13.5 Å². The number of esters is 1. The molecule has 0 fully saturated rings. The number of rotatable bonds is 4. The molecule has 26 heavy (non-hydrogen) atoms. The van der Waals surface area contributed by atoms with Crippen molar-refractivity contribution in [3.8, 4) is 0 Å². The Hall–Kier alpha value is -2.40. The summed E-state index contributed by atoms with van der Waals surface area (Å²) in [6, 6.07) is 10.0. The van der Waals surface area contributed by atoms with Crippen molar-refractivity contribution in [2.24, 2.45) is 0 Å². The summed E-state index contributed by atoms with van der Waals surface area (Å²) >= 11 is 1.64. The largest absolute Gasteiger partial charge is 0.469 e. The molecule has 1 aliphatic rings. The maximum absolute atomic E-state index is 14.6. The maximum atomic E-state index is 14.6. The quantitative estimate of drug-likeness (QED) is 0.518. The summed E-state index contributed by atoms with van der Waals surface area (Å²) in [5, 5.41) is 0. The molecule has 3 rings (SSSR count). The third kappa shape index (κ3) is 3.44. The minimum atomic E-state index is -0.665. The molecule has 0 amide bonds. The Labute approximate surface area is 155 Å². The summed E-state index contributed by atoms with van der Waals surface area (Å²) in [7, 11) is 1.30. The van der Waals surface area contributed by atoms with Crippen molar-refractivity contribution < 1.29 is 18.3 Å². The molecule has 0 N–H and O–H groups in total. The summed E-state index contributed by atoms with van der Waals surface area (Å²) in [5.74, 6) is -1.74. The fraction of sp³-hybridized carbons (Fsp3) is 0.190. The van der Waals surface area contributed by atoms with Gasteiger partial charge in [-0.3, -0.25) is 4.79 Å². The molecule has 0 saturated heterocycles. The van der Waals surface area contributed by atoms with Crippen LogP contribution < -0.4 is 0 Å². The van der Waals surface area contributed by atoms with Crippen molar-refractivity contribution in [1.82, 2.24) is 0 Å². The third-order valence-electron chi connectivity index (χ3n) is 4.48. The van der Waals surface area contributed by atoms with Gasteiger partial charge in [-0.05, 0) is 65.3 Å². The van der Waals surface area contributed by atoms with Gasteiger partial charge < -0.3 is 4.74 Å². The molecule has 0 radical (unpaired) electrons. The molecular weight excluding hydrogens is 354 g/mol. The third-order valence-corrected chi connectivity index (χ3v) is 5.23. The molecule has 2 aromatic carbocycles. The molecular formula is C21H18F2O2S. The second-order valence-electron chi connectivity index (χ2n) is 6.00. The maximum Gasteiger partial charge on any atom is 0.310 e. The molecule has 0 heterocycles. The van der Waals surface area contributed by atoms with Gasteiger partial charge in [0, 0.05) is 16.5 Å². The van der Waals surface area contributed by atoms with Gasteiger partial charge in [-0.2, -0.15) is 0 Å². The standard InChI is InChI=1S/C21H18F2O2S/c1-12-16(11-20(24)25-2)18-9-14(22)10-19(23)21(18)17(12)8-13-4-6-15(26-3)7-5-13/h4-10H,11H2,1-3H3/b17-8-. The highest BCUT2D eigenvalue weighted by atomic mass is 32.2. The van der Waals surface area contributed by atoms with Crippen molar-refractivity contribution in [3.05, 3.63) is 70.3 Å². The second-order valence-corrected chi connectivity index (χ2v) is 6.88. The normalized spacial score (nSPS) is 14.7. The van der Waals surface area contributed by atoms with Crippen molar-refractivity contribution >= 4 is 35.0 Å². The van der Waals surface area contributed by atoms with Crippen LogP contribution in [0.5, 0.6) is 0 Å². The van der Waals surface area contributed by atoms with Crippen LogP contribution in [0.3, 0.4) is 0 Å². The lowest BCUT2D eigenvalue weighted by atomic mass is 10.00. The van der Waals surface area contributed by atoms with E-state index in [1.807, 2.05) is 43.5 Å². The Morgan fingerprint density at radius 3 is 2.50 bits per heavy atom. The zero-order valence-electron chi connectivity index (χ0n) is 14.7. The van der Waals surface area contributed by atoms with Gasteiger partial charge in [0.25, 0.3) is 0 Å². The van der Waals surface area contributed by atoms with Gasteiger partial charge in [0.15, 0.2) is 0 Å². The number of benzene rings is 2. The number of methoxy groups -OCH3 is 1. The first-order valence-electron chi connectivity index (χ1n) is 8.07. The Morgan fingerprint density at radius 1 is 1.19 bits per heavy atom. The molecule has 0 bridgehead atoms. The first-order chi connectivity index (χ1) is 12.4. The number of allylic oxidation sites excluding steroid dienone is 2. The summed E-state index contributed by atoms with van der Waals surface area (Å²) in [6.45, 7) is 1.82. The van der Waals surface area contributed by atoms with E-state index in [0.29, 0.717) is 22.3 Å². The van der Waals surface area contributed by atoms with Gasteiger partial charge >= 0.3 is 5.97 Å². The second kappa shape index (κ2) is 7.46. The molecule has 0 saturated carbocycles. The Kier molecular flexibility index (Phi) is 5.28. The topological polar surface area (TPSA) is 26.3 Å². The molecule has 0 atom stereocenters. The summed E-state index contributed by atoms with van der Waals surface area (Å²) < 4.78 is 33.1. The van der Waals surface area contributed by atoms with Crippen molar-refractivity contribution in [1.29, 1.82) is 0 Å². The summed E-state index contributed by atoms with van der Waals surface area (Å²) in [5.41, 5.74) is 3.66. The highest BCUT2D eigenvalue weighted by Gasteiger charge is 2.29. The predicted octanol–water partition coefficient (Wildman–Crippen LogP) is 5.58. The highest BCUT2D eigenvalue weighted by molar-refractivity contribution is 7.98. The zero-order valence-corrected chi connectivity index (χ0v) is 15.5. The average Bonchev–Trinajstić information content (AvgIpc) is 2.88. The molecule has 5 heteroatoms. The number of hydrogen-bond donors (Lipinski definition) is 0. The van der Waals surface area contributed by atoms with Gasteiger partial charge in [-0.15, -0.1) is 11.8 Å². The number of ether oxygens (including phenoxy) is 1. The first-order valence-corrected chi connectivity index (χ1v) is 9.29. The fourth-order valence-electron chi connectivity index (χ4n) is 3.13. The van der Waals surface area contributed by atoms with Crippen LogP contribution in [0.4, 0.5) is 8.78 Å². The van der Waals surface area contributed by atoms with E-state index in [9.17, 15) is 13.6 Å². The van der Waals surface area contributed by atoms with Crippen molar-refractivity contribution in [2.75, 3.05) is 13.4 Å². The molecule has 2 aromatic rings. The van der Waals surface area contributed by atoms with E-state index in [4.69, 9.17) is 4.74 Å². The number of carbonyl (C=O) groups excluding carboxylic acids is 1. The highest BCUT2D eigenvalue weighted by Crippen LogP contribution is 2.45. The molecule has 134 valence electrons. The number of thioether (sulfide) groups is 1. The molecule has 2 nitrogen and oxygen atoms in total. The number of halogens is 2. The SMILES string of the molecule is COC(=O)CC1=C(C)/C(=C/c2ccc(SC)cc2)c2c(F)cc(F)cc21. The van der Waals surface area contributed by atoms with E-state index in [1.54, 1.807) is 11.8 Å². The minimum absolute atomic E-state index is 0.0268. The lowest BCUT2D eigenvalue weighted by Crippen LogP contribution is -2.02. The van der Waals surface area contributed by atoms with Gasteiger partial charge in [0.1, 0.15) is 11.6 Å². The van der Waals surface area contributed by atoms with E-state index in [1.165, 1.54) is 13.2 Å². The molecule has 0 unspecified atom stereocenters. The van der Waals surface area contributed by atoms with E-state index in [0.717, 1.165) is 22.1 Å². The monoisotopic (exact) mass is 372 g/mol. The fourth-order valence-corrected chi connectivity index (χ4v) is 3.54. The van der Waals surface area contributed by atoms with Crippen molar-refractivity contribution in [3.63, 3.8) is 0 Å². The number of carbonyl (C=O) groups is 1. The van der Waals surface area contributed by atoms with Crippen LogP contribution in [-0.4, -0.2) is 19.3 Å². The van der Waals surface area contributed by atoms with Gasteiger partial charge in [0.2, 0.25) is 0 Å². The smallest absolute Gasteiger partial charge is 0.310 e. The summed E-state index contributed by atoms with van der Waals surface area (Å²) in [4.78, 5) is 12.9. The zero-order chi connectivity index (χ0) is 18.8. The number of hydrogen-bond acceptors (Lipinski definition) is 3. The predicted molar refractivity (Wildman–Crippen MR) is 102 cm³/mol. The van der Waals surface area contributed by atoms with Crippen LogP contribution in [-0.2, 0) is 9.53 Å².